The number of hydrogen-bond donors (Lipinski definition) is 2. The highest BCUT2D eigenvalue weighted by atomic mass is 19.2. The maximum Gasteiger partial charge on any atom is 0.159 e. The Morgan fingerprint density at radius 2 is 1.71 bits per heavy atom. The van der Waals surface area contributed by atoms with Crippen LogP contribution in [-0.4, -0.2) is 18.2 Å². The second-order valence-corrected chi connectivity index (χ2v) is 4.73. The fourth-order valence-corrected chi connectivity index (χ4v) is 2.00. The Kier molecular flexibility index (Phi) is 5.36. The first-order chi connectivity index (χ1) is 10.1. The van der Waals surface area contributed by atoms with Gasteiger partial charge < -0.3 is 10.4 Å². The summed E-state index contributed by atoms with van der Waals surface area (Å²) in [5.41, 5.74) is 0.889. The van der Waals surface area contributed by atoms with Gasteiger partial charge in [-0.25, -0.2) is 13.2 Å². The molecule has 0 amide bonds. The first-order valence-corrected chi connectivity index (χ1v) is 6.65. The van der Waals surface area contributed by atoms with Crippen molar-refractivity contribution in [2.75, 3.05) is 13.1 Å². The van der Waals surface area contributed by atoms with Gasteiger partial charge in [0.15, 0.2) is 11.6 Å². The molecule has 21 heavy (non-hydrogen) atoms. The summed E-state index contributed by atoms with van der Waals surface area (Å²) in [6.07, 6.45) is -0.460. The van der Waals surface area contributed by atoms with E-state index in [4.69, 9.17) is 0 Å². The van der Waals surface area contributed by atoms with Crippen LogP contribution in [0.3, 0.4) is 0 Å². The van der Waals surface area contributed by atoms with E-state index in [0.717, 1.165) is 12.1 Å². The summed E-state index contributed by atoms with van der Waals surface area (Å²) < 4.78 is 39.2. The highest BCUT2D eigenvalue weighted by molar-refractivity contribution is 5.20. The first kappa shape index (κ1) is 15.5. The molecule has 2 rings (SSSR count). The normalized spacial score (nSPS) is 12.4. The number of aliphatic hydroxyl groups excluding tert-OH is 1. The highest BCUT2D eigenvalue weighted by Gasteiger charge is 2.10. The molecular formula is C16H16F3NO. The molecule has 2 aromatic rings. The number of hydrogen-bond acceptors (Lipinski definition) is 2. The summed E-state index contributed by atoms with van der Waals surface area (Å²) >= 11 is 0. The van der Waals surface area contributed by atoms with Crippen LogP contribution < -0.4 is 5.32 Å². The highest BCUT2D eigenvalue weighted by Crippen LogP contribution is 2.15. The van der Waals surface area contributed by atoms with Crippen molar-refractivity contribution in [3.8, 4) is 0 Å². The van der Waals surface area contributed by atoms with Gasteiger partial charge in [-0.3, -0.25) is 0 Å². The Labute approximate surface area is 121 Å². The van der Waals surface area contributed by atoms with Gasteiger partial charge in [-0.2, -0.15) is 0 Å². The van der Waals surface area contributed by atoms with Crippen molar-refractivity contribution >= 4 is 0 Å². The monoisotopic (exact) mass is 295 g/mol. The van der Waals surface area contributed by atoms with Gasteiger partial charge in [-0.15, -0.1) is 0 Å². The number of halogens is 3. The van der Waals surface area contributed by atoms with Crippen molar-refractivity contribution in [1.82, 2.24) is 5.32 Å². The smallest absolute Gasteiger partial charge is 0.159 e. The predicted octanol–water partition coefficient (Wildman–Crippen LogP) is 2.97. The molecule has 2 N–H and O–H groups in total. The van der Waals surface area contributed by atoms with Gasteiger partial charge in [0.25, 0.3) is 0 Å². The molecule has 0 heterocycles. The van der Waals surface area contributed by atoms with E-state index >= 15 is 0 Å². The van der Waals surface area contributed by atoms with Crippen molar-refractivity contribution in [2.24, 2.45) is 0 Å². The van der Waals surface area contributed by atoms with E-state index in [-0.39, 0.29) is 12.4 Å². The van der Waals surface area contributed by atoms with Gasteiger partial charge in [-0.05, 0) is 42.3 Å². The molecule has 0 fully saturated rings. The lowest BCUT2D eigenvalue weighted by molar-refractivity contribution is 0.174. The van der Waals surface area contributed by atoms with E-state index in [9.17, 15) is 18.3 Å². The van der Waals surface area contributed by atoms with E-state index in [1.165, 1.54) is 12.1 Å². The molecule has 0 saturated heterocycles. The Balaban J connectivity index is 1.80. The molecule has 0 bridgehead atoms. The number of nitrogens with one attached hydrogen (secondary N) is 1. The van der Waals surface area contributed by atoms with E-state index in [2.05, 4.69) is 5.32 Å². The molecule has 0 saturated carbocycles. The van der Waals surface area contributed by atoms with Crippen LogP contribution in [0.15, 0.2) is 42.5 Å². The lowest BCUT2D eigenvalue weighted by atomic mass is 10.1. The molecule has 0 aliphatic heterocycles. The first-order valence-electron chi connectivity index (χ1n) is 6.65. The van der Waals surface area contributed by atoms with E-state index in [1.807, 2.05) is 0 Å². The van der Waals surface area contributed by atoms with Crippen LogP contribution in [-0.2, 0) is 6.42 Å². The molecular weight excluding hydrogens is 279 g/mol. The molecule has 1 unspecified atom stereocenters. The minimum Gasteiger partial charge on any atom is -0.387 e. The van der Waals surface area contributed by atoms with Gasteiger partial charge in [0, 0.05) is 6.54 Å². The summed E-state index contributed by atoms with van der Waals surface area (Å²) in [5.74, 6) is -2.20. The van der Waals surface area contributed by atoms with Crippen molar-refractivity contribution in [3.63, 3.8) is 0 Å². The molecule has 2 nitrogen and oxygen atoms in total. The minimum atomic E-state index is -0.988. The molecule has 0 radical (unpaired) electrons. The Morgan fingerprint density at radius 1 is 0.952 bits per heavy atom. The van der Waals surface area contributed by atoms with Gasteiger partial charge in [0.2, 0.25) is 0 Å². The number of aliphatic hydroxyl groups is 1. The van der Waals surface area contributed by atoms with Crippen LogP contribution in [0.1, 0.15) is 17.2 Å². The molecule has 2 aromatic carbocycles. The van der Waals surface area contributed by atoms with Crippen LogP contribution in [0.25, 0.3) is 0 Å². The summed E-state index contributed by atoms with van der Waals surface area (Å²) in [4.78, 5) is 0. The molecule has 0 spiro atoms. The average Bonchev–Trinajstić information content (AvgIpc) is 2.48. The molecule has 0 aromatic heterocycles. The largest absolute Gasteiger partial charge is 0.387 e. The second kappa shape index (κ2) is 7.24. The molecule has 0 aliphatic carbocycles. The fourth-order valence-electron chi connectivity index (χ4n) is 2.00. The third-order valence-corrected chi connectivity index (χ3v) is 3.20. The van der Waals surface area contributed by atoms with Crippen LogP contribution in [0.5, 0.6) is 0 Å². The number of benzene rings is 2. The van der Waals surface area contributed by atoms with Gasteiger partial charge in [-0.1, -0.05) is 24.3 Å². The van der Waals surface area contributed by atoms with Gasteiger partial charge >= 0.3 is 0 Å². The maximum atomic E-state index is 13.4. The summed E-state index contributed by atoms with van der Waals surface area (Å²) in [6.45, 7) is 0.654. The number of rotatable bonds is 6. The predicted molar refractivity (Wildman–Crippen MR) is 74.3 cm³/mol. The van der Waals surface area contributed by atoms with E-state index in [1.54, 1.807) is 18.2 Å². The van der Waals surface area contributed by atoms with Crippen LogP contribution in [0.2, 0.25) is 0 Å². The topological polar surface area (TPSA) is 32.3 Å². The Morgan fingerprint density at radius 3 is 2.43 bits per heavy atom. The zero-order chi connectivity index (χ0) is 15.2. The molecule has 0 aliphatic rings. The quantitative estimate of drug-likeness (QED) is 0.803. The van der Waals surface area contributed by atoms with Crippen LogP contribution in [0, 0.1) is 17.5 Å². The van der Waals surface area contributed by atoms with Crippen LogP contribution in [0.4, 0.5) is 13.2 Å². The maximum absolute atomic E-state index is 13.4. The lowest BCUT2D eigenvalue weighted by Crippen LogP contribution is -2.24. The molecule has 5 heteroatoms. The molecule has 1 atom stereocenters. The van der Waals surface area contributed by atoms with Crippen LogP contribution >= 0.6 is 0 Å². The average molecular weight is 295 g/mol. The molecule has 112 valence electrons. The Hall–Kier alpha value is -1.85. The zero-order valence-electron chi connectivity index (χ0n) is 11.3. The van der Waals surface area contributed by atoms with Crippen molar-refractivity contribution in [3.05, 3.63) is 71.0 Å². The second-order valence-electron chi connectivity index (χ2n) is 4.73. The SMILES string of the molecule is OC(CNCCc1ccccc1F)c1ccc(F)c(F)c1. The van der Waals surface area contributed by atoms with Gasteiger partial charge in [0.1, 0.15) is 5.82 Å². The fraction of sp³-hybridized carbons (Fsp3) is 0.250. The lowest BCUT2D eigenvalue weighted by Gasteiger charge is -2.12. The minimum absolute atomic E-state index is 0.180. The summed E-state index contributed by atoms with van der Waals surface area (Å²) in [7, 11) is 0. The van der Waals surface area contributed by atoms with E-state index < -0.39 is 17.7 Å². The van der Waals surface area contributed by atoms with Gasteiger partial charge in [0.05, 0.1) is 6.10 Å². The third kappa shape index (κ3) is 4.31. The third-order valence-electron chi connectivity index (χ3n) is 3.20. The van der Waals surface area contributed by atoms with Crippen molar-refractivity contribution in [2.45, 2.75) is 12.5 Å². The van der Waals surface area contributed by atoms with E-state index in [0.29, 0.717) is 24.1 Å². The summed E-state index contributed by atoms with van der Waals surface area (Å²) in [5, 5.41) is 12.8. The summed E-state index contributed by atoms with van der Waals surface area (Å²) in [6, 6.07) is 9.76. The zero-order valence-corrected chi connectivity index (χ0v) is 11.3. The van der Waals surface area contributed by atoms with Crippen molar-refractivity contribution < 1.29 is 18.3 Å². The van der Waals surface area contributed by atoms with Crippen molar-refractivity contribution in [1.29, 1.82) is 0 Å². The Bertz CT molecular complexity index is 604. The standard InChI is InChI=1S/C16H16F3NO/c17-13-4-2-1-3-11(13)7-8-20-10-16(21)12-5-6-14(18)15(19)9-12/h1-6,9,16,20-21H,7-8,10H2.